The second-order valence-electron chi connectivity index (χ2n) is 5.02. The summed E-state index contributed by atoms with van der Waals surface area (Å²) in [6.45, 7) is 1.91. The molecule has 0 bridgehead atoms. The first-order valence-corrected chi connectivity index (χ1v) is 6.66. The number of hydrogen-bond donors (Lipinski definition) is 0. The van der Waals surface area contributed by atoms with Gasteiger partial charge in [0.2, 0.25) is 11.8 Å². The highest BCUT2D eigenvalue weighted by Crippen LogP contribution is 2.34. The Morgan fingerprint density at radius 2 is 1.60 bits per heavy atom. The highest BCUT2D eigenvalue weighted by Gasteiger charge is 2.40. The maximum atomic E-state index is 12.6. The maximum absolute atomic E-state index is 12.6. The van der Waals surface area contributed by atoms with Crippen LogP contribution in [0, 0.1) is 6.92 Å². The van der Waals surface area contributed by atoms with Crippen molar-refractivity contribution in [3.8, 4) is 0 Å². The van der Waals surface area contributed by atoms with Crippen molar-refractivity contribution in [3.05, 3.63) is 65.7 Å². The van der Waals surface area contributed by atoms with E-state index in [2.05, 4.69) is 0 Å². The van der Waals surface area contributed by atoms with E-state index in [1.165, 1.54) is 4.90 Å². The van der Waals surface area contributed by atoms with Crippen LogP contribution in [-0.2, 0) is 9.59 Å². The Balaban J connectivity index is 1.98. The van der Waals surface area contributed by atoms with E-state index in [4.69, 9.17) is 0 Å². The average Bonchev–Trinajstić information content (AvgIpc) is 2.76. The molecule has 20 heavy (non-hydrogen) atoms. The molecule has 3 rings (SSSR count). The quantitative estimate of drug-likeness (QED) is 0.783. The van der Waals surface area contributed by atoms with Gasteiger partial charge in [-0.3, -0.25) is 9.59 Å². The molecule has 1 unspecified atom stereocenters. The van der Waals surface area contributed by atoms with Gasteiger partial charge in [0.05, 0.1) is 11.6 Å². The summed E-state index contributed by atoms with van der Waals surface area (Å²) in [5.41, 5.74) is 2.53. The zero-order chi connectivity index (χ0) is 14.1. The predicted octanol–water partition coefficient (Wildman–Crippen LogP) is 3.04. The van der Waals surface area contributed by atoms with E-state index >= 15 is 0 Å². The standard InChI is InChI=1S/C17H15NO2/c1-12-7-5-6-10-15(12)18-16(19)11-14(17(18)20)13-8-3-2-4-9-13/h2-10,14H,11H2,1H3. The molecule has 2 aromatic carbocycles. The molecule has 100 valence electrons. The Kier molecular flexibility index (Phi) is 3.11. The van der Waals surface area contributed by atoms with Crippen LogP contribution < -0.4 is 4.90 Å². The molecule has 1 aliphatic rings. The van der Waals surface area contributed by atoms with Gasteiger partial charge in [-0.2, -0.15) is 0 Å². The molecule has 0 radical (unpaired) electrons. The van der Waals surface area contributed by atoms with Gasteiger partial charge in [-0.05, 0) is 24.1 Å². The summed E-state index contributed by atoms with van der Waals surface area (Å²) in [4.78, 5) is 26.1. The van der Waals surface area contributed by atoms with Gasteiger partial charge in [0.15, 0.2) is 0 Å². The predicted molar refractivity (Wildman–Crippen MR) is 77.5 cm³/mol. The summed E-state index contributed by atoms with van der Waals surface area (Å²) < 4.78 is 0. The fraction of sp³-hybridized carbons (Fsp3) is 0.176. The molecule has 2 amide bonds. The molecule has 0 saturated carbocycles. The smallest absolute Gasteiger partial charge is 0.241 e. The molecule has 2 aromatic rings. The molecule has 0 aliphatic carbocycles. The lowest BCUT2D eigenvalue weighted by Crippen LogP contribution is -2.30. The Morgan fingerprint density at radius 3 is 2.30 bits per heavy atom. The first kappa shape index (κ1) is 12.6. The van der Waals surface area contributed by atoms with Gasteiger partial charge in [-0.15, -0.1) is 0 Å². The fourth-order valence-corrected chi connectivity index (χ4v) is 2.65. The van der Waals surface area contributed by atoms with E-state index < -0.39 is 0 Å². The first-order valence-electron chi connectivity index (χ1n) is 6.66. The highest BCUT2D eigenvalue weighted by molar-refractivity contribution is 6.23. The molecule has 0 N–H and O–H groups in total. The molecular weight excluding hydrogens is 250 g/mol. The third-order valence-corrected chi connectivity index (χ3v) is 3.70. The van der Waals surface area contributed by atoms with E-state index in [1.54, 1.807) is 0 Å². The van der Waals surface area contributed by atoms with Crippen LogP contribution in [-0.4, -0.2) is 11.8 Å². The zero-order valence-electron chi connectivity index (χ0n) is 11.2. The van der Waals surface area contributed by atoms with Crippen LogP contribution in [0.4, 0.5) is 5.69 Å². The highest BCUT2D eigenvalue weighted by atomic mass is 16.2. The number of hydrogen-bond acceptors (Lipinski definition) is 2. The van der Waals surface area contributed by atoms with Gasteiger partial charge in [0.25, 0.3) is 0 Å². The number of carbonyl (C=O) groups is 2. The summed E-state index contributed by atoms with van der Waals surface area (Å²) in [5.74, 6) is -0.614. The molecular formula is C17H15NO2. The van der Waals surface area contributed by atoms with Crippen LogP contribution in [0.3, 0.4) is 0 Å². The third-order valence-electron chi connectivity index (χ3n) is 3.70. The van der Waals surface area contributed by atoms with Crippen molar-refractivity contribution in [3.63, 3.8) is 0 Å². The largest absolute Gasteiger partial charge is 0.274 e. The van der Waals surface area contributed by atoms with E-state index in [0.717, 1.165) is 11.1 Å². The zero-order valence-corrected chi connectivity index (χ0v) is 11.2. The van der Waals surface area contributed by atoms with Crippen molar-refractivity contribution in [2.75, 3.05) is 4.90 Å². The Bertz CT molecular complexity index is 664. The minimum Gasteiger partial charge on any atom is -0.274 e. The third kappa shape index (κ3) is 2.01. The summed E-state index contributed by atoms with van der Waals surface area (Å²) in [7, 11) is 0. The van der Waals surface area contributed by atoms with Gasteiger partial charge in [-0.1, -0.05) is 48.5 Å². The molecule has 1 saturated heterocycles. The SMILES string of the molecule is Cc1ccccc1N1C(=O)CC(c2ccccc2)C1=O. The van der Waals surface area contributed by atoms with Gasteiger partial charge < -0.3 is 0 Å². The summed E-state index contributed by atoms with van der Waals surface area (Å²) in [6.07, 6.45) is 0.247. The van der Waals surface area contributed by atoms with Crippen molar-refractivity contribution >= 4 is 17.5 Å². The van der Waals surface area contributed by atoms with E-state index in [-0.39, 0.29) is 24.2 Å². The Hall–Kier alpha value is -2.42. The van der Waals surface area contributed by atoms with Gasteiger partial charge in [0.1, 0.15) is 0 Å². The normalized spacial score (nSPS) is 18.6. The molecule has 3 nitrogen and oxygen atoms in total. The Morgan fingerprint density at radius 1 is 0.950 bits per heavy atom. The van der Waals surface area contributed by atoms with E-state index in [0.29, 0.717) is 5.69 Å². The number of imide groups is 1. The molecule has 1 aliphatic heterocycles. The topological polar surface area (TPSA) is 37.4 Å². The van der Waals surface area contributed by atoms with Gasteiger partial charge in [-0.25, -0.2) is 4.90 Å². The lowest BCUT2D eigenvalue weighted by Gasteiger charge is -2.17. The molecule has 1 fully saturated rings. The molecule has 0 aromatic heterocycles. The summed E-state index contributed by atoms with van der Waals surface area (Å²) in [6, 6.07) is 17.0. The van der Waals surface area contributed by atoms with Crippen molar-refractivity contribution in [2.24, 2.45) is 0 Å². The van der Waals surface area contributed by atoms with Crippen molar-refractivity contribution in [1.29, 1.82) is 0 Å². The lowest BCUT2D eigenvalue weighted by molar-refractivity contribution is -0.121. The Labute approximate surface area is 117 Å². The molecule has 0 spiro atoms. The number of rotatable bonds is 2. The van der Waals surface area contributed by atoms with E-state index in [1.807, 2.05) is 61.5 Å². The number of amides is 2. The monoisotopic (exact) mass is 265 g/mol. The fourth-order valence-electron chi connectivity index (χ4n) is 2.65. The van der Waals surface area contributed by atoms with Crippen LogP contribution in [0.25, 0.3) is 0 Å². The molecule has 3 heteroatoms. The summed E-state index contributed by atoms with van der Waals surface area (Å²) in [5, 5.41) is 0. The second kappa shape index (κ2) is 4.93. The summed E-state index contributed by atoms with van der Waals surface area (Å²) >= 11 is 0. The number of para-hydroxylation sites is 1. The molecule has 1 heterocycles. The lowest BCUT2D eigenvalue weighted by atomic mass is 9.98. The van der Waals surface area contributed by atoms with E-state index in [9.17, 15) is 9.59 Å². The van der Waals surface area contributed by atoms with Gasteiger partial charge >= 0.3 is 0 Å². The van der Waals surface area contributed by atoms with Crippen molar-refractivity contribution in [2.45, 2.75) is 19.3 Å². The molecule has 1 atom stereocenters. The minimum atomic E-state index is -0.358. The van der Waals surface area contributed by atoms with Gasteiger partial charge in [0, 0.05) is 6.42 Å². The van der Waals surface area contributed by atoms with Crippen LogP contribution in [0.15, 0.2) is 54.6 Å². The number of aryl methyl sites for hydroxylation is 1. The average molecular weight is 265 g/mol. The van der Waals surface area contributed by atoms with Crippen LogP contribution >= 0.6 is 0 Å². The first-order chi connectivity index (χ1) is 9.68. The van der Waals surface area contributed by atoms with Crippen LogP contribution in [0.2, 0.25) is 0 Å². The number of benzene rings is 2. The van der Waals surface area contributed by atoms with Crippen molar-refractivity contribution in [1.82, 2.24) is 0 Å². The maximum Gasteiger partial charge on any atom is 0.241 e. The van der Waals surface area contributed by atoms with Crippen LogP contribution in [0.1, 0.15) is 23.5 Å². The number of nitrogens with zero attached hydrogens (tertiary/aromatic N) is 1. The number of anilines is 1. The number of carbonyl (C=O) groups excluding carboxylic acids is 2. The second-order valence-corrected chi connectivity index (χ2v) is 5.02. The van der Waals surface area contributed by atoms with Crippen molar-refractivity contribution < 1.29 is 9.59 Å². The van der Waals surface area contributed by atoms with Crippen LogP contribution in [0.5, 0.6) is 0 Å². The minimum absolute atomic E-state index is 0.127.